The first-order chi connectivity index (χ1) is 6.85. The molecule has 1 saturated heterocycles. The highest BCUT2D eigenvalue weighted by atomic mass is 16.3. The van der Waals surface area contributed by atoms with E-state index in [1.54, 1.807) is 12.5 Å². The summed E-state index contributed by atoms with van der Waals surface area (Å²) in [5, 5.41) is 12.8. The molecule has 1 aliphatic heterocycles. The van der Waals surface area contributed by atoms with Gasteiger partial charge in [-0.05, 0) is 44.0 Å². The molecule has 78 valence electrons. The largest absolute Gasteiger partial charge is 0.472 e. The molecule has 3 heteroatoms. The Hall–Kier alpha value is -0.800. The van der Waals surface area contributed by atoms with Crippen molar-refractivity contribution in [2.45, 2.75) is 19.3 Å². The molecule has 2 heterocycles. The topological polar surface area (TPSA) is 45.4 Å². The number of aliphatic hydroxyl groups excluding tert-OH is 1. The second-order valence-electron chi connectivity index (χ2n) is 4.22. The lowest BCUT2D eigenvalue weighted by atomic mass is 9.75. The lowest BCUT2D eigenvalue weighted by Gasteiger charge is -2.35. The van der Waals surface area contributed by atoms with Gasteiger partial charge in [0.25, 0.3) is 0 Å². The maximum absolute atomic E-state index is 9.48. The third kappa shape index (κ3) is 1.99. The van der Waals surface area contributed by atoms with Crippen LogP contribution >= 0.6 is 0 Å². The number of piperidine rings is 1. The Labute approximate surface area is 84.1 Å². The Morgan fingerprint density at radius 3 is 2.79 bits per heavy atom. The molecule has 2 rings (SSSR count). The standard InChI is InChI=1S/C11H17NO2/c13-9-11(2-4-12-5-3-11)7-10-1-6-14-8-10/h1,6,8,12-13H,2-5,7,9H2. The summed E-state index contributed by atoms with van der Waals surface area (Å²) in [6.45, 7) is 2.30. The van der Waals surface area contributed by atoms with E-state index in [0.717, 1.165) is 32.4 Å². The molecule has 1 aliphatic rings. The fourth-order valence-corrected chi connectivity index (χ4v) is 2.17. The SMILES string of the molecule is OCC1(Cc2ccoc2)CCNCC1. The smallest absolute Gasteiger partial charge is 0.0934 e. The van der Waals surface area contributed by atoms with E-state index < -0.39 is 0 Å². The van der Waals surface area contributed by atoms with Crippen LogP contribution < -0.4 is 5.32 Å². The van der Waals surface area contributed by atoms with Gasteiger partial charge in [0.15, 0.2) is 0 Å². The van der Waals surface area contributed by atoms with Crippen LogP contribution in [-0.2, 0) is 6.42 Å². The van der Waals surface area contributed by atoms with Crippen molar-refractivity contribution in [3.63, 3.8) is 0 Å². The van der Waals surface area contributed by atoms with E-state index in [-0.39, 0.29) is 12.0 Å². The average molecular weight is 195 g/mol. The maximum atomic E-state index is 9.48. The van der Waals surface area contributed by atoms with Crippen LogP contribution in [0.25, 0.3) is 0 Å². The summed E-state index contributed by atoms with van der Waals surface area (Å²) >= 11 is 0. The molecular formula is C11H17NO2. The highest BCUT2D eigenvalue weighted by Crippen LogP contribution is 2.32. The van der Waals surface area contributed by atoms with Gasteiger partial charge in [-0.25, -0.2) is 0 Å². The molecule has 1 aromatic heterocycles. The van der Waals surface area contributed by atoms with Crippen LogP contribution in [0, 0.1) is 5.41 Å². The minimum atomic E-state index is 0.0785. The summed E-state index contributed by atoms with van der Waals surface area (Å²) in [5.41, 5.74) is 1.27. The first kappa shape index (κ1) is 9.74. The minimum absolute atomic E-state index is 0.0785. The molecule has 1 fully saturated rings. The van der Waals surface area contributed by atoms with Crippen LogP contribution in [0.3, 0.4) is 0 Å². The number of aliphatic hydroxyl groups is 1. The first-order valence-corrected chi connectivity index (χ1v) is 5.17. The van der Waals surface area contributed by atoms with Crippen molar-refractivity contribution in [3.05, 3.63) is 24.2 Å². The summed E-state index contributed by atoms with van der Waals surface area (Å²) < 4.78 is 5.05. The molecule has 0 saturated carbocycles. The number of hydrogen-bond donors (Lipinski definition) is 2. The quantitative estimate of drug-likeness (QED) is 0.761. The molecule has 0 radical (unpaired) electrons. The van der Waals surface area contributed by atoms with Gasteiger partial charge < -0.3 is 14.8 Å². The fraction of sp³-hybridized carbons (Fsp3) is 0.636. The zero-order valence-electron chi connectivity index (χ0n) is 8.33. The second kappa shape index (κ2) is 4.15. The van der Waals surface area contributed by atoms with Crippen LogP contribution in [0.2, 0.25) is 0 Å². The van der Waals surface area contributed by atoms with Crippen LogP contribution in [-0.4, -0.2) is 24.8 Å². The van der Waals surface area contributed by atoms with Gasteiger partial charge in [0.05, 0.1) is 12.5 Å². The van der Waals surface area contributed by atoms with E-state index in [9.17, 15) is 5.11 Å². The predicted octanol–water partition coefficient (Wildman–Crippen LogP) is 1.18. The lowest BCUT2D eigenvalue weighted by Crippen LogP contribution is -2.40. The Morgan fingerprint density at radius 2 is 2.21 bits per heavy atom. The highest BCUT2D eigenvalue weighted by Gasteiger charge is 2.31. The van der Waals surface area contributed by atoms with Gasteiger partial charge in [0.2, 0.25) is 0 Å². The number of furan rings is 1. The van der Waals surface area contributed by atoms with Crippen molar-refractivity contribution in [1.29, 1.82) is 0 Å². The second-order valence-corrected chi connectivity index (χ2v) is 4.22. The normalized spacial score (nSPS) is 20.9. The summed E-state index contributed by atoms with van der Waals surface area (Å²) in [5.74, 6) is 0. The van der Waals surface area contributed by atoms with Crippen molar-refractivity contribution in [1.82, 2.24) is 5.32 Å². The zero-order valence-corrected chi connectivity index (χ0v) is 8.33. The van der Waals surface area contributed by atoms with Crippen LogP contribution in [0.15, 0.2) is 23.0 Å². The highest BCUT2D eigenvalue weighted by molar-refractivity contribution is 5.09. The molecule has 0 aliphatic carbocycles. The zero-order chi connectivity index (χ0) is 9.86. The van der Waals surface area contributed by atoms with E-state index in [4.69, 9.17) is 4.42 Å². The van der Waals surface area contributed by atoms with E-state index >= 15 is 0 Å². The molecule has 1 aromatic rings. The van der Waals surface area contributed by atoms with Gasteiger partial charge in [-0.2, -0.15) is 0 Å². The van der Waals surface area contributed by atoms with Crippen molar-refractivity contribution in [2.75, 3.05) is 19.7 Å². The Bertz CT molecular complexity index is 263. The Morgan fingerprint density at radius 1 is 1.43 bits per heavy atom. The third-order valence-corrected chi connectivity index (χ3v) is 3.16. The average Bonchev–Trinajstić information content (AvgIpc) is 2.72. The van der Waals surface area contributed by atoms with Crippen molar-refractivity contribution < 1.29 is 9.52 Å². The van der Waals surface area contributed by atoms with Crippen LogP contribution in [0.4, 0.5) is 0 Å². The lowest BCUT2D eigenvalue weighted by molar-refractivity contribution is 0.0892. The monoisotopic (exact) mass is 195 g/mol. The van der Waals surface area contributed by atoms with E-state index in [0.29, 0.717) is 0 Å². The van der Waals surface area contributed by atoms with Crippen molar-refractivity contribution >= 4 is 0 Å². The van der Waals surface area contributed by atoms with Gasteiger partial charge >= 0.3 is 0 Å². The van der Waals surface area contributed by atoms with Gasteiger partial charge in [-0.15, -0.1) is 0 Å². The van der Waals surface area contributed by atoms with Gasteiger partial charge in [-0.1, -0.05) is 0 Å². The van der Waals surface area contributed by atoms with E-state index in [1.165, 1.54) is 5.56 Å². The molecule has 0 atom stereocenters. The van der Waals surface area contributed by atoms with Gasteiger partial charge in [0.1, 0.15) is 0 Å². The van der Waals surface area contributed by atoms with E-state index in [1.807, 2.05) is 6.07 Å². The fourth-order valence-electron chi connectivity index (χ4n) is 2.17. The Balaban J connectivity index is 2.04. The number of rotatable bonds is 3. The molecule has 14 heavy (non-hydrogen) atoms. The number of hydrogen-bond acceptors (Lipinski definition) is 3. The summed E-state index contributed by atoms with van der Waals surface area (Å²) in [4.78, 5) is 0. The summed E-state index contributed by atoms with van der Waals surface area (Å²) in [7, 11) is 0. The molecule has 0 spiro atoms. The molecule has 0 unspecified atom stereocenters. The van der Waals surface area contributed by atoms with Gasteiger partial charge in [-0.3, -0.25) is 0 Å². The third-order valence-electron chi connectivity index (χ3n) is 3.16. The predicted molar refractivity (Wildman–Crippen MR) is 54.0 cm³/mol. The summed E-state index contributed by atoms with van der Waals surface area (Å²) in [6.07, 6.45) is 6.51. The molecule has 0 aromatic carbocycles. The van der Waals surface area contributed by atoms with Crippen LogP contribution in [0.5, 0.6) is 0 Å². The first-order valence-electron chi connectivity index (χ1n) is 5.17. The van der Waals surface area contributed by atoms with Crippen molar-refractivity contribution in [3.8, 4) is 0 Å². The van der Waals surface area contributed by atoms with Crippen molar-refractivity contribution in [2.24, 2.45) is 5.41 Å². The molecule has 2 N–H and O–H groups in total. The molecular weight excluding hydrogens is 178 g/mol. The summed E-state index contributed by atoms with van der Waals surface area (Å²) in [6, 6.07) is 1.99. The van der Waals surface area contributed by atoms with Gasteiger partial charge in [0, 0.05) is 12.0 Å². The number of nitrogens with one attached hydrogen (secondary N) is 1. The Kier molecular flexibility index (Phi) is 2.89. The minimum Gasteiger partial charge on any atom is -0.472 e. The molecule has 0 amide bonds. The molecule has 3 nitrogen and oxygen atoms in total. The molecule has 0 bridgehead atoms. The maximum Gasteiger partial charge on any atom is 0.0934 e. The van der Waals surface area contributed by atoms with E-state index in [2.05, 4.69) is 5.32 Å². The van der Waals surface area contributed by atoms with Crippen LogP contribution in [0.1, 0.15) is 18.4 Å².